The number of rotatable bonds is 27. The molecule has 35 heteroatoms. The van der Waals surface area contributed by atoms with Crippen molar-refractivity contribution in [2.45, 2.75) is 160 Å². The van der Waals surface area contributed by atoms with E-state index in [1.165, 1.54) is 81.7 Å². The van der Waals surface area contributed by atoms with Crippen molar-refractivity contribution in [2.24, 2.45) is 0 Å². The third-order valence-corrected chi connectivity index (χ3v) is 23.5. The van der Waals surface area contributed by atoms with Gasteiger partial charge in [0, 0.05) is 42.4 Å². The van der Waals surface area contributed by atoms with Crippen LogP contribution in [0.2, 0.25) is 0 Å². The van der Waals surface area contributed by atoms with Gasteiger partial charge in [-0.25, -0.2) is 69.4 Å². The second-order valence-electron chi connectivity index (χ2n) is 27.1. The first-order valence-corrected chi connectivity index (χ1v) is 40.6. The summed E-state index contributed by atoms with van der Waals surface area (Å²) >= 11 is 9.41. The van der Waals surface area contributed by atoms with Gasteiger partial charge in [0.15, 0.2) is 11.3 Å². The number of aromatic nitrogens is 1. The molecule has 5 aromatic carbocycles. The summed E-state index contributed by atoms with van der Waals surface area (Å²) in [5.41, 5.74) is 6.67. The normalized spacial score (nSPS) is 12.4. The van der Waals surface area contributed by atoms with E-state index < -0.39 is 47.8 Å². The van der Waals surface area contributed by atoms with E-state index in [9.17, 15) is 38.4 Å². The summed E-state index contributed by atoms with van der Waals surface area (Å²) < 4.78 is 48.9. The Balaban J connectivity index is 0. The number of unbranched alkanes of at least 4 members (excludes halogenated alkanes) is 3. The zero-order valence-electron chi connectivity index (χ0n) is 71.8. The Morgan fingerprint density at radius 2 is 0.758 bits per heavy atom. The number of furan rings is 1. The van der Waals surface area contributed by atoms with Crippen LogP contribution in [0.5, 0.6) is 0 Å². The number of fused-ring (bicyclic) bond motifs is 5. The van der Waals surface area contributed by atoms with Crippen LogP contribution in [0.25, 0.3) is 41.6 Å². The third kappa shape index (κ3) is 41.9. The SMILES string of the molecule is C=CC(=O)OCCCCOC(=O)C(C(=O)OCCCCOC(=O)C=C)=C1Sc2[c-]cc(C(C)(C)C)[c-]c2S1.Cc1cc(C)c2cc(-c3nc4[c-]cc[c-]c4s3)oc2c1.[C-]#[N+]/C(C(=O)OCCCCOC(=O)C=C)=C1/Sc2[c-]cc(C(C)(C)C)[c-]c2S1.[C-]#[N+]/C(C(=O)OCCOC(=O)C=C)=C1/Sc2[c-]cc(C(C)(C)C)[c-]c2S1.[K+].[K+].[K+].[K+].[K+].[K+].[K+].[K+]. The van der Waals surface area contributed by atoms with E-state index in [0.29, 0.717) is 51.2 Å². The van der Waals surface area contributed by atoms with Gasteiger partial charge in [-0.05, 0) is 75.6 Å². The number of thioether (sulfide) groups is 6. The molecule has 7 aromatic rings. The first kappa shape index (κ1) is 126. The number of benzene rings is 5. The quantitative estimate of drug-likeness (QED) is 0.00685. The molecule has 3 aliphatic rings. The van der Waals surface area contributed by atoms with Crippen LogP contribution >= 0.6 is 81.9 Å². The summed E-state index contributed by atoms with van der Waals surface area (Å²) in [4.78, 5) is 111. The van der Waals surface area contributed by atoms with Gasteiger partial charge in [0.25, 0.3) is 11.4 Å². The maximum atomic E-state index is 13.0. The van der Waals surface area contributed by atoms with Gasteiger partial charge in [0.2, 0.25) is 0 Å². The fraction of sp³-hybridized carbons (Fsp3) is 0.329. The summed E-state index contributed by atoms with van der Waals surface area (Å²) in [6.07, 6.45) is 7.21. The number of esters is 8. The van der Waals surface area contributed by atoms with Crippen LogP contribution in [0.15, 0.2) is 163 Å². The Hall–Kier alpha value is 3.64. The van der Waals surface area contributed by atoms with E-state index in [-0.39, 0.29) is 497 Å². The molecule has 120 heavy (non-hydrogen) atoms. The van der Waals surface area contributed by atoms with Crippen LogP contribution in [-0.4, -0.2) is 106 Å². The number of hydrogen-bond donors (Lipinski definition) is 0. The molecule has 0 bridgehead atoms. The Morgan fingerprint density at radius 3 is 1.12 bits per heavy atom. The topological polar surface area (TPSA) is 245 Å². The van der Waals surface area contributed by atoms with Gasteiger partial charge in [-0.1, -0.05) is 111 Å². The first-order chi connectivity index (χ1) is 53.3. The molecule has 10 rings (SSSR count). The maximum absolute atomic E-state index is 13.0. The molecule has 0 atom stereocenters. The molecule has 5 heterocycles. The monoisotopic (exact) mass is 1950 g/mol. The van der Waals surface area contributed by atoms with Crippen molar-refractivity contribution in [3.8, 4) is 10.8 Å². The fourth-order valence-corrected chi connectivity index (χ4v) is 17.2. The largest absolute Gasteiger partial charge is 1.00 e. The Kier molecular flexibility index (Phi) is 67.6. The smallest absolute Gasteiger partial charge is 0.471 e. The Morgan fingerprint density at radius 1 is 0.433 bits per heavy atom. The van der Waals surface area contributed by atoms with Gasteiger partial charge >= 0.3 is 459 Å². The molecule has 0 radical (unpaired) electrons. The molecule has 3 aliphatic heterocycles. The average Bonchev–Trinajstić information content (AvgIpc) is 1.60. The summed E-state index contributed by atoms with van der Waals surface area (Å²) in [5.74, 6) is -4.27. The minimum Gasteiger partial charge on any atom is -0.471 e. The Labute approximate surface area is 1070 Å². The van der Waals surface area contributed by atoms with E-state index in [1.54, 1.807) is 11.3 Å². The van der Waals surface area contributed by atoms with Crippen LogP contribution in [0, 0.1) is 75.5 Å². The number of nitrogens with zero attached hydrogens (tertiary/aromatic N) is 3. The molecule has 0 spiro atoms. The second-order valence-corrected chi connectivity index (χ2v) is 34.9. The minimum absolute atomic E-state index is 0. The molecule has 0 saturated carbocycles. The van der Waals surface area contributed by atoms with Gasteiger partial charge in [-0.3, -0.25) is 68.7 Å². The standard InChI is InChI=1S/C28H32O8S2.C21H21NO4S2.C19H17NO4S2.C17H11NOS.8K/c1-6-22(29)33-14-8-10-16-35-25(31)24(26(32)36-17-11-9-15-34-23(30)7-2)27-37-20-13-12-19(28(3,4)5)18-21(20)38-27;1-6-17(23)25-11-7-8-12-26-19(24)18(22-5)20-27-15-10-9-14(21(2,3)4)13-16(15)28-20;1-6-15(21)23-9-10-24-17(22)16(20-5)18-25-13-8-7-12(19(2,3)4)11-14(13)26-18;1-10-7-11(2)12-9-15(19-14(12)8-10)17-18-13-5-3-4-6-16(13)20-17;;;;;;;;/h6-7,12H,1-2,8-11,14-17H2,3-5H3;6,9H,1,7-8,11-12H2,2-4H3;6-7H,1,9-10H2,2-4H3;3-4,7-9H,1-2H3;;;;;;;;/q4*-2;8*+1/b;20-18-;18-16-;;;;;;;;;. The molecular weight excluding hydrogens is 1870 g/mol. The summed E-state index contributed by atoms with van der Waals surface area (Å²) in [7, 11) is 0. The van der Waals surface area contributed by atoms with Crippen molar-refractivity contribution in [3.63, 3.8) is 0 Å². The van der Waals surface area contributed by atoms with Gasteiger partial charge in [-0.2, -0.15) is 85.1 Å². The van der Waals surface area contributed by atoms with Gasteiger partial charge in [0.1, 0.15) is 23.8 Å². The number of carbonyl (C=O) groups is 8. The van der Waals surface area contributed by atoms with Crippen molar-refractivity contribution in [1.29, 1.82) is 0 Å². The number of thiazole rings is 1. The predicted molar refractivity (Wildman–Crippen MR) is 436 cm³/mol. The van der Waals surface area contributed by atoms with Crippen LogP contribution in [0.1, 0.15) is 129 Å². The minimum atomic E-state index is -0.795. The number of hydrogen-bond acceptors (Lipinski definition) is 25. The number of ether oxygens (including phenoxy) is 8. The van der Waals surface area contributed by atoms with E-state index >= 15 is 0 Å². The van der Waals surface area contributed by atoms with Crippen LogP contribution in [-0.2, 0) is 92.5 Å². The van der Waals surface area contributed by atoms with E-state index in [0.717, 1.165) is 102 Å². The molecule has 0 saturated heterocycles. The number of carbonyl (C=O) groups excluding carboxylic acids is 8. The summed E-state index contributed by atoms with van der Waals surface area (Å²) in [5, 5.41) is 2.03. The number of aryl methyl sites for hydroxylation is 2. The maximum Gasteiger partial charge on any atom is 1.00 e. The van der Waals surface area contributed by atoms with Crippen molar-refractivity contribution in [1.82, 2.24) is 4.98 Å². The van der Waals surface area contributed by atoms with E-state index in [4.69, 9.17) is 55.5 Å². The first-order valence-electron chi connectivity index (χ1n) is 34.8. The Bertz CT molecular complexity index is 4860. The van der Waals surface area contributed by atoms with Gasteiger partial charge in [-0.15, -0.1) is 5.52 Å². The van der Waals surface area contributed by atoms with Crippen LogP contribution in [0.4, 0.5) is 0 Å². The van der Waals surface area contributed by atoms with E-state index in [2.05, 4.69) is 184 Å². The van der Waals surface area contributed by atoms with Crippen molar-refractivity contribution < 1.29 is 492 Å². The molecule has 20 nitrogen and oxygen atoms in total. The van der Waals surface area contributed by atoms with Crippen LogP contribution < -0.4 is 411 Å². The molecule has 0 unspecified atom stereocenters. The molecule has 588 valence electrons. The van der Waals surface area contributed by atoms with Crippen molar-refractivity contribution in [2.75, 3.05) is 52.9 Å². The predicted octanol–water partition coefficient (Wildman–Crippen LogP) is -4.88. The zero-order chi connectivity index (χ0) is 81.9. The van der Waals surface area contributed by atoms with E-state index in [1.807, 2.05) is 30.3 Å². The average molecular weight is 1950 g/mol. The van der Waals surface area contributed by atoms with Crippen LogP contribution in [0.3, 0.4) is 0 Å². The van der Waals surface area contributed by atoms with Crippen molar-refractivity contribution in [3.05, 3.63) is 228 Å². The second kappa shape index (κ2) is 64.6. The molecule has 0 amide bonds. The van der Waals surface area contributed by atoms with Gasteiger partial charge < -0.3 is 83.7 Å². The fourth-order valence-electron chi connectivity index (χ4n) is 9.30. The molecular formula is C85H81K8N3O17S7. The van der Waals surface area contributed by atoms with Gasteiger partial charge in [0.05, 0.1) is 52.8 Å². The summed E-state index contributed by atoms with van der Waals surface area (Å²) in [6.45, 7) is 51.5. The van der Waals surface area contributed by atoms with Crippen molar-refractivity contribution >= 4 is 151 Å². The third-order valence-electron chi connectivity index (χ3n) is 15.2. The zero-order valence-corrected chi connectivity index (χ0v) is 102. The molecule has 0 fully saturated rings. The summed E-state index contributed by atoms with van der Waals surface area (Å²) in [6, 6.07) is 41.7. The molecule has 0 N–H and O–H groups in total. The molecule has 2 aromatic heterocycles. The molecule has 0 aliphatic carbocycles.